The van der Waals surface area contributed by atoms with Crippen LogP contribution in [0.15, 0.2) is 29.5 Å². The molecule has 2 N–H and O–H groups in total. The molecule has 3 rings (SSSR count). The van der Waals surface area contributed by atoms with Crippen LogP contribution >= 0.6 is 0 Å². The van der Waals surface area contributed by atoms with Crippen molar-refractivity contribution in [2.45, 2.75) is 31.8 Å². The van der Waals surface area contributed by atoms with Gasteiger partial charge in [-0.3, -0.25) is 4.68 Å². The molecule has 2 aromatic rings. The SMILES string of the molecule is CCNC(=NCc1ncnn1C)NC1CC1c1c(F)cccc1F. The third-order valence-electron chi connectivity index (χ3n) is 4.01. The second kappa shape index (κ2) is 6.94. The van der Waals surface area contributed by atoms with E-state index in [2.05, 4.69) is 25.7 Å². The van der Waals surface area contributed by atoms with Gasteiger partial charge in [0.15, 0.2) is 5.96 Å². The highest BCUT2D eigenvalue weighted by Gasteiger charge is 2.42. The van der Waals surface area contributed by atoms with Gasteiger partial charge in [-0.1, -0.05) is 6.07 Å². The molecule has 6 nitrogen and oxygen atoms in total. The van der Waals surface area contributed by atoms with Gasteiger partial charge in [-0.05, 0) is 25.5 Å². The summed E-state index contributed by atoms with van der Waals surface area (Å²) in [6.07, 6.45) is 2.15. The summed E-state index contributed by atoms with van der Waals surface area (Å²) in [5, 5.41) is 10.4. The monoisotopic (exact) mass is 334 g/mol. The molecule has 0 aliphatic heterocycles. The molecule has 1 aliphatic rings. The molecule has 1 fully saturated rings. The van der Waals surface area contributed by atoms with E-state index in [0.29, 0.717) is 25.5 Å². The Balaban J connectivity index is 1.66. The molecule has 1 saturated carbocycles. The lowest BCUT2D eigenvalue weighted by molar-refractivity contribution is 0.553. The van der Waals surface area contributed by atoms with Crippen molar-refractivity contribution < 1.29 is 8.78 Å². The van der Waals surface area contributed by atoms with E-state index in [1.54, 1.807) is 11.7 Å². The standard InChI is InChI=1S/C16H20F2N6/c1-3-19-16(20-8-14-21-9-22-24(14)2)23-13-7-10(13)15-11(17)5-4-6-12(15)18/h4-6,9-10,13H,3,7-8H2,1-2H3,(H2,19,20,23). The molecule has 0 bridgehead atoms. The first-order valence-corrected chi connectivity index (χ1v) is 7.91. The number of guanidine groups is 1. The summed E-state index contributed by atoms with van der Waals surface area (Å²) in [7, 11) is 1.80. The van der Waals surface area contributed by atoms with Crippen molar-refractivity contribution in [3.63, 3.8) is 0 Å². The van der Waals surface area contributed by atoms with Gasteiger partial charge >= 0.3 is 0 Å². The van der Waals surface area contributed by atoms with E-state index in [4.69, 9.17) is 0 Å². The van der Waals surface area contributed by atoms with Gasteiger partial charge in [-0.15, -0.1) is 0 Å². The topological polar surface area (TPSA) is 67.1 Å². The number of halogens is 2. The van der Waals surface area contributed by atoms with E-state index >= 15 is 0 Å². The molecule has 2 atom stereocenters. The minimum Gasteiger partial charge on any atom is -0.357 e. The normalized spacial score (nSPS) is 20.1. The molecule has 0 radical (unpaired) electrons. The van der Waals surface area contributed by atoms with Gasteiger partial charge in [-0.2, -0.15) is 5.10 Å². The van der Waals surface area contributed by atoms with Crippen LogP contribution in [0.4, 0.5) is 8.78 Å². The Bertz CT molecular complexity index is 722. The van der Waals surface area contributed by atoms with Crippen molar-refractivity contribution in [2.75, 3.05) is 6.54 Å². The second-order valence-corrected chi connectivity index (χ2v) is 5.72. The molecule has 1 aromatic carbocycles. The van der Waals surface area contributed by atoms with Crippen LogP contribution < -0.4 is 10.6 Å². The fraction of sp³-hybridized carbons (Fsp3) is 0.438. The lowest BCUT2D eigenvalue weighted by Gasteiger charge is -2.11. The van der Waals surface area contributed by atoms with Crippen LogP contribution in [0.25, 0.3) is 0 Å². The van der Waals surface area contributed by atoms with Crippen molar-refractivity contribution in [3.8, 4) is 0 Å². The van der Waals surface area contributed by atoms with Crippen LogP contribution in [-0.4, -0.2) is 33.3 Å². The maximum Gasteiger partial charge on any atom is 0.191 e. The summed E-state index contributed by atoms with van der Waals surface area (Å²) in [6.45, 7) is 3.02. The summed E-state index contributed by atoms with van der Waals surface area (Å²) in [4.78, 5) is 8.57. The number of aliphatic imine (C=N–C) groups is 1. The summed E-state index contributed by atoms with van der Waals surface area (Å²) >= 11 is 0. The zero-order valence-corrected chi connectivity index (χ0v) is 13.6. The van der Waals surface area contributed by atoms with Crippen molar-refractivity contribution in [2.24, 2.45) is 12.0 Å². The van der Waals surface area contributed by atoms with E-state index in [-0.39, 0.29) is 17.5 Å². The average Bonchev–Trinajstić information content (AvgIpc) is 3.16. The smallest absolute Gasteiger partial charge is 0.191 e. The molecule has 0 saturated heterocycles. The number of hydrogen-bond donors (Lipinski definition) is 2. The van der Waals surface area contributed by atoms with Gasteiger partial charge in [0.05, 0.1) is 0 Å². The van der Waals surface area contributed by atoms with Gasteiger partial charge < -0.3 is 10.6 Å². The molecule has 0 amide bonds. The van der Waals surface area contributed by atoms with Gasteiger partial charge in [0.2, 0.25) is 0 Å². The van der Waals surface area contributed by atoms with Crippen LogP contribution in [0.5, 0.6) is 0 Å². The van der Waals surface area contributed by atoms with Crippen molar-refractivity contribution in [1.29, 1.82) is 0 Å². The molecule has 1 aliphatic carbocycles. The van der Waals surface area contributed by atoms with Crippen molar-refractivity contribution in [1.82, 2.24) is 25.4 Å². The third-order valence-corrected chi connectivity index (χ3v) is 4.01. The Kier molecular flexibility index (Phi) is 4.73. The van der Waals surface area contributed by atoms with Crippen LogP contribution in [0.1, 0.15) is 30.7 Å². The van der Waals surface area contributed by atoms with Crippen molar-refractivity contribution >= 4 is 5.96 Å². The minimum absolute atomic E-state index is 0.0336. The molecule has 128 valence electrons. The Labute approximate surface area is 139 Å². The third kappa shape index (κ3) is 3.52. The van der Waals surface area contributed by atoms with Crippen molar-refractivity contribution in [3.05, 3.63) is 47.5 Å². The number of aryl methyl sites for hydroxylation is 1. The van der Waals surface area contributed by atoms with Crippen LogP contribution in [0.3, 0.4) is 0 Å². The Morgan fingerprint density at radius 2 is 2.12 bits per heavy atom. The summed E-state index contributed by atoms with van der Waals surface area (Å²) in [6, 6.07) is 3.93. The maximum atomic E-state index is 13.8. The molecular formula is C16H20F2N6. The summed E-state index contributed by atoms with van der Waals surface area (Å²) < 4.78 is 29.3. The maximum absolute atomic E-state index is 13.8. The molecule has 24 heavy (non-hydrogen) atoms. The highest BCUT2D eigenvalue weighted by Crippen LogP contribution is 2.43. The Hall–Kier alpha value is -2.51. The first kappa shape index (κ1) is 16.4. The minimum atomic E-state index is -0.495. The molecule has 8 heteroatoms. The average molecular weight is 334 g/mol. The zero-order chi connectivity index (χ0) is 17.1. The fourth-order valence-electron chi connectivity index (χ4n) is 2.65. The van der Waals surface area contributed by atoms with Crippen LogP contribution in [0.2, 0.25) is 0 Å². The summed E-state index contributed by atoms with van der Waals surface area (Å²) in [5.41, 5.74) is 0.152. The first-order chi connectivity index (χ1) is 11.6. The van der Waals surface area contributed by atoms with Gasteiger partial charge in [0.25, 0.3) is 0 Å². The van der Waals surface area contributed by atoms with Gasteiger partial charge in [-0.25, -0.2) is 18.8 Å². The molecule has 0 spiro atoms. The number of benzene rings is 1. The van der Waals surface area contributed by atoms with Crippen LogP contribution in [0, 0.1) is 11.6 Å². The first-order valence-electron chi connectivity index (χ1n) is 7.91. The van der Waals surface area contributed by atoms with Gasteiger partial charge in [0.1, 0.15) is 30.3 Å². The van der Waals surface area contributed by atoms with Crippen LogP contribution in [-0.2, 0) is 13.6 Å². The predicted molar refractivity (Wildman–Crippen MR) is 86.5 cm³/mol. The Morgan fingerprint density at radius 1 is 1.38 bits per heavy atom. The van der Waals surface area contributed by atoms with E-state index in [9.17, 15) is 8.78 Å². The number of nitrogens with zero attached hydrogens (tertiary/aromatic N) is 4. The van der Waals surface area contributed by atoms with E-state index in [1.807, 2.05) is 6.92 Å². The fourth-order valence-corrected chi connectivity index (χ4v) is 2.65. The molecule has 1 heterocycles. The van der Waals surface area contributed by atoms with E-state index in [1.165, 1.54) is 24.5 Å². The Morgan fingerprint density at radius 3 is 2.75 bits per heavy atom. The largest absolute Gasteiger partial charge is 0.357 e. The molecule has 1 aromatic heterocycles. The summed E-state index contributed by atoms with van der Waals surface area (Å²) in [5.74, 6) is 0.171. The highest BCUT2D eigenvalue weighted by atomic mass is 19.1. The van der Waals surface area contributed by atoms with Gasteiger partial charge in [0, 0.05) is 31.1 Å². The highest BCUT2D eigenvalue weighted by molar-refractivity contribution is 5.80. The number of hydrogen-bond acceptors (Lipinski definition) is 3. The number of nitrogens with one attached hydrogen (secondary N) is 2. The molecule has 2 unspecified atom stereocenters. The predicted octanol–water partition coefficient (Wildman–Crippen LogP) is 1.70. The zero-order valence-electron chi connectivity index (χ0n) is 13.6. The van der Waals surface area contributed by atoms with E-state index in [0.717, 1.165) is 5.82 Å². The number of rotatable bonds is 5. The lowest BCUT2D eigenvalue weighted by atomic mass is 10.1. The quantitative estimate of drug-likeness (QED) is 0.645. The lowest BCUT2D eigenvalue weighted by Crippen LogP contribution is -2.39. The number of aromatic nitrogens is 3. The second-order valence-electron chi connectivity index (χ2n) is 5.72. The molecular weight excluding hydrogens is 314 g/mol. The van der Waals surface area contributed by atoms with E-state index < -0.39 is 11.6 Å².